The number of amides is 1. The van der Waals surface area contributed by atoms with Gasteiger partial charge in [0.1, 0.15) is 11.6 Å². The molecular formula is C24H25FN2O4. The van der Waals surface area contributed by atoms with Crippen molar-refractivity contribution in [3.63, 3.8) is 0 Å². The molecule has 2 aromatic carbocycles. The van der Waals surface area contributed by atoms with E-state index in [4.69, 9.17) is 9.47 Å². The van der Waals surface area contributed by atoms with Gasteiger partial charge in [0.15, 0.2) is 0 Å². The zero-order valence-electron chi connectivity index (χ0n) is 17.8. The molecule has 0 aliphatic heterocycles. The third-order valence-corrected chi connectivity index (χ3v) is 4.94. The first-order valence-electron chi connectivity index (χ1n) is 10.00. The van der Waals surface area contributed by atoms with Crippen LogP contribution in [-0.2, 0) is 16.1 Å². The summed E-state index contributed by atoms with van der Waals surface area (Å²) < 4.78 is 25.5. The highest BCUT2D eigenvalue weighted by atomic mass is 19.1. The number of ether oxygens (including phenoxy) is 2. The molecule has 0 fully saturated rings. The summed E-state index contributed by atoms with van der Waals surface area (Å²) >= 11 is 0. The number of esters is 1. The fourth-order valence-corrected chi connectivity index (χ4v) is 3.32. The summed E-state index contributed by atoms with van der Waals surface area (Å²) in [5, 5.41) is 2.85. The lowest BCUT2D eigenvalue weighted by Gasteiger charge is -2.13. The van der Waals surface area contributed by atoms with Crippen molar-refractivity contribution in [3.8, 4) is 17.0 Å². The van der Waals surface area contributed by atoms with E-state index in [9.17, 15) is 14.0 Å². The SMILES string of the molecule is CCOC(=O)c1cc(-c2ccc(F)cc2)n(CCC(=O)Nc2ccc(OC)cc2)c1C. The van der Waals surface area contributed by atoms with Crippen LogP contribution in [0.1, 0.15) is 29.4 Å². The van der Waals surface area contributed by atoms with Crippen LogP contribution in [0.2, 0.25) is 0 Å². The average Bonchev–Trinajstić information content (AvgIpc) is 3.10. The van der Waals surface area contributed by atoms with E-state index in [1.807, 2.05) is 4.57 Å². The number of aromatic nitrogens is 1. The maximum atomic E-state index is 13.4. The summed E-state index contributed by atoms with van der Waals surface area (Å²) in [5.41, 5.74) is 3.25. The molecule has 1 heterocycles. The zero-order chi connectivity index (χ0) is 22.4. The Bertz CT molecular complexity index is 1060. The van der Waals surface area contributed by atoms with E-state index >= 15 is 0 Å². The highest BCUT2D eigenvalue weighted by Crippen LogP contribution is 2.27. The minimum Gasteiger partial charge on any atom is -0.497 e. The van der Waals surface area contributed by atoms with E-state index < -0.39 is 5.97 Å². The average molecular weight is 424 g/mol. The van der Waals surface area contributed by atoms with Gasteiger partial charge in [-0.3, -0.25) is 4.79 Å². The van der Waals surface area contributed by atoms with Gasteiger partial charge in [0.25, 0.3) is 0 Å². The number of anilines is 1. The van der Waals surface area contributed by atoms with Crippen molar-refractivity contribution in [1.82, 2.24) is 4.57 Å². The van der Waals surface area contributed by atoms with Gasteiger partial charge < -0.3 is 19.4 Å². The Morgan fingerprint density at radius 2 is 1.74 bits per heavy atom. The molecule has 0 bridgehead atoms. The van der Waals surface area contributed by atoms with Crippen LogP contribution in [-0.4, -0.2) is 30.2 Å². The van der Waals surface area contributed by atoms with Crippen molar-refractivity contribution in [1.29, 1.82) is 0 Å². The normalized spacial score (nSPS) is 10.6. The van der Waals surface area contributed by atoms with E-state index in [0.29, 0.717) is 29.2 Å². The molecule has 0 saturated carbocycles. The Morgan fingerprint density at radius 3 is 2.35 bits per heavy atom. The van der Waals surface area contributed by atoms with E-state index in [-0.39, 0.29) is 24.8 Å². The molecule has 0 unspecified atom stereocenters. The van der Waals surface area contributed by atoms with Crippen LogP contribution in [0.4, 0.5) is 10.1 Å². The standard InChI is InChI=1S/C24H25FN2O4/c1-4-31-24(29)21-15-22(17-5-7-18(25)8-6-17)27(16(21)2)14-13-23(28)26-19-9-11-20(30-3)12-10-19/h5-12,15H,4,13-14H2,1-3H3,(H,26,28). The fourth-order valence-electron chi connectivity index (χ4n) is 3.32. The molecule has 0 saturated heterocycles. The van der Waals surface area contributed by atoms with E-state index in [0.717, 1.165) is 11.3 Å². The third kappa shape index (κ3) is 5.31. The molecule has 0 aliphatic carbocycles. The van der Waals surface area contributed by atoms with Gasteiger partial charge in [0.05, 0.1) is 19.3 Å². The quantitative estimate of drug-likeness (QED) is 0.527. The minimum atomic E-state index is -0.426. The van der Waals surface area contributed by atoms with E-state index in [1.54, 1.807) is 63.4 Å². The molecule has 162 valence electrons. The van der Waals surface area contributed by atoms with Gasteiger partial charge in [-0.15, -0.1) is 0 Å². The lowest BCUT2D eigenvalue weighted by atomic mass is 10.1. The lowest BCUT2D eigenvalue weighted by molar-refractivity contribution is -0.116. The molecule has 0 aliphatic rings. The molecule has 0 spiro atoms. The van der Waals surface area contributed by atoms with Crippen LogP contribution in [0.3, 0.4) is 0 Å². The first kappa shape index (κ1) is 22.1. The van der Waals surface area contributed by atoms with Crippen LogP contribution in [0.25, 0.3) is 11.3 Å². The molecule has 6 nitrogen and oxygen atoms in total. The Balaban J connectivity index is 1.81. The van der Waals surface area contributed by atoms with Crippen molar-refractivity contribution in [2.45, 2.75) is 26.8 Å². The Morgan fingerprint density at radius 1 is 1.06 bits per heavy atom. The minimum absolute atomic E-state index is 0.166. The topological polar surface area (TPSA) is 69.6 Å². The molecule has 3 aromatic rings. The first-order valence-corrected chi connectivity index (χ1v) is 10.00. The second-order valence-corrected chi connectivity index (χ2v) is 6.93. The van der Waals surface area contributed by atoms with Crippen molar-refractivity contribution in [2.75, 3.05) is 19.0 Å². The number of carbonyl (C=O) groups is 2. The largest absolute Gasteiger partial charge is 0.497 e. The lowest BCUT2D eigenvalue weighted by Crippen LogP contribution is -2.16. The summed E-state index contributed by atoms with van der Waals surface area (Å²) in [5.74, 6) is -0.231. The van der Waals surface area contributed by atoms with Crippen molar-refractivity contribution in [2.24, 2.45) is 0 Å². The van der Waals surface area contributed by atoms with Gasteiger partial charge in [-0.05, 0) is 74.0 Å². The monoisotopic (exact) mass is 424 g/mol. The third-order valence-electron chi connectivity index (χ3n) is 4.94. The van der Waals surface area contributed by atoms with Gasteiger partial charge in [-0.2, -0.15) is 0 Å². The Kier molecular flexibility index (Phi) is 7.07. The highest BCUT2D eigenvalue weighted by molar-refractivity contribution is 5.93. The summed E-state index contributed by atoms with van der Waals surface area (Å²) in [6.45, 7) is 4.16. The number of nitrogens with zero attached hydrogens (tertiary/aromatic N) is 1. The number of methoxy groups -OCH3 is 1. The number of benzene rings is 2. The van der Waals surface area contributed by atoms with Crippen molar-refractivity contribution < 1.29 is 23.5 Å². The molecule has 31 heavy (non-hydrogen) atoms. The Labute approximate surface area is 180 Å². The molecule has 0 atom stereocenters. The molecule has 0 radical (unpaired) electrons. The molecule has 1 amide bonds. The smallest absolute Gasteiger partial charge is 0.339 e. The zero-order valence-corrected chi connectivity index (χ0v) is 17.8. The predicted molar refractivity (Wildman–Crippen MR) is 117 cm³/mol. The van der Waals surface area contributed by atoms with Crippen LogP contribution in [0.15, 0.2) is 54.6 Å². The highest BCUT2D eigenvalue weighted by Gasteiger charge is 2.20. The summed E-state index contributed by atoms with van der Waals surface area (Å²) in [7, 11) is 1.58. The Hall–Kier alpha value is -3.61. The fraction of sp³-hybridized carbons (Fsp3) is 0.250. The van der Waals surface area contributed by atoms with Crippen LogP contribution >= 0.6 is 0 Å². The predicted octanol–water partition coefficient (Wildman–Crippen LogP) is 4.82. The number of carbonyl (C=O) groups excluding carboxylic acids is 2. The molecule has 7 heteroatoms. The maximum absolute atomic E-state index is 13.4. The summed E-state index contributed by atoms with van der Waals surface area (Å²) in [4.78, 5) is 24.9. The number of rotatable bonds is 8. The van der Waals surface area contributed by atoms with Crippen LogP contribution < -0.4 is 10.1 Å². The van der Waals surface area contributed by atoms with E-state index in [2.05, 4.69) is 5.32 Å². The number of nitrogens with one attached hydrogen (secondary N) is 1. The molecule has 1 N–H and O–H groups in total. The van der Waals surface area contributed by atoms with Crippen LogP contribution in [0.5, 0.6) is 5.75 Å². The van der Waals surface area contributed by atoms with Gasteiger partial charge in [0, 0.05) is 30.0 Å². The molecule has 1 aromatic heterocycles. The number of hydrogen-bond donors (Lipinski definition) is 1. The second-order valence-electron chi connectivity index (χ2n) is 6.93. The van der Waals surface area contributed by atoms with Gasteiger partial charge in [-0.1, -0.05) is 0 Å². The van der Waals surface area contributed by atoms with Crippen LogP contribution in [0, 0.1) is 12.7 Å². The summed E-state index contributed by atoms with van der Waals surface area (Å²) in [6.07, 6.45) is 0.192. The van der Waals surface area contributed by atoms with Gasteiger partial charge in [-0.25, -0.2) is 9.18 Å². The molecular weight excluding hydrogens is 399 g/mol. The van der Waals surface area contributed by atoms with Crippen molar-refractivity contribution >= 4 is 17.6 Å². The first-order chi connectivity index (χ1) is 14.9. The number of halogens is 1. The number of hydrogen-bond acceptors (Lipinski definition) is 4. The summed E-state index contributed by atoms with van der Waals surface area (Å²) in [6, 6.07) is 14.8. The van der Waals surface area contributed by atoms with Gasteiger partial charge >= 0.3 is 5.97 Å². The maximum Gasteiger partial charge on any atom is 0.339 e. The van der Waals surface area contributed by atoms with Crippen molar-refractivity contribution in [3.05, 3.63) is 71.7 Å². The second kappa shape index (κ2) is 9.93. The van der Waals surface area contributed by atoms with Gasteiger partial charge in [0.2, 0.25) is 5.91 Å². The van der Waals surface area contributed by atoms with E-state index in [1.165, 1.54) is 12.1 Å². The molecule has 3 rings (SSSR count).